The van der Waals surface area contributed by atoms with E-state index in [-0.39, 0.29) is 0 Å². The van der Waals surface area contributed by atoms with Crippen molar-refractivity contribution in [1.82, 2.24) is 4.65 Å². The highest BCUT2D eigenvalue weighted by atomic mass is 28.4. The fourth-order valence-electron chi connectivity index (χ4n) is 0.769. The van der Waals surface area contributed by atoms with Crippen LogP contribution in [0.5, 0.6) is 0 Å². The summed E-state index contributed by atoms with van der Waals surface area (Å²) in [6.45, 7) is 11.9. The Hall–Kier alpha value is -0.126. The Morgan fingerprint density at radius 3 is 1.90 bits per heavy atom. The molecular formula is C7H14NSi2. The molecule has 10 heavy (non-hydrogen) atoms. The first-order valence-corrected chi connectivity index (χ1v) is 6.85. The van der Waals surface area contributed by atoms with Crippen LogP contribution in [0.3, 0.4) is 0 Å². The van der Waals surface area contributed by atoms with Crippen molar-refractivity contribution in [2.24, 2.45) is 0 Å². The van der Waals surface area contributed by atoms with Crippen molar-refractivity contribution in [2.75, 3.05) is 0 Å². The molecule has 0 aliphatic heterocycles. The van der Waals surface area contributed by atoms with Crippen LogP contribution in [0.4, 0.5) is 0 Å². The number of hydrogen-bond donors (Lipinski definition) is 1. The summed E-state index contributed by atoms with van der Waals surface area (Å²) in [6, 6.07) is 0. The molecule has 0 atom stereocenters. The molecule has 0 fully saturated rings. The Bertz CT molecular complexity index is 124. The molecule has 1 nitrogen and oxygen atoms in total. The molecule has 0 saturated heterocycles. The van der Waals surface area contributed by atoms with Crippen molar-refractivity contribution < 1.29 is 0 Å². The smallest absolute Gasteiger partial charge is 0.132 e. The lowest BCUT2D eigenvalue weighted by Gasteiger charge is -2.26. The van der Waals surface area contributed by atoms with Crippen LogP contribution in [0.15, 0.2) is 25.3 Å². The van der Waals surface area contributed by atoms with Gasteiger partial charge in [-0.05, 0) is 0 Å². The van der Waals surface area contributed by atoms with Gasteiger partial charge in [-0.2, -0.15) is 0 Å². The highest BCUT2D eigenvalue weighted by Crippen LogP contribution is 2.20. The van der Waals surface area contributed by atoms with Crippen LogP contribution < -0.4 is 4.65 Å². The van der Waals surface area contributed by atoms with Crippen LogP contribution in [-0.4, -0.2) is 18.6 Å². The Morgan fingerprint density at radius 2 is 1.80 bits per heavy atom. The Morgan fingerprint density at radius 1 is 1.40 bits per heavy atom. The van der Waals surface area contributed by atoms with Gasteiger partial charge in [-0.15, -0.1) is 13.2 Å². The van der Waals surface area contributed by atoms with Crippen LogP contribution in [0.2, 0.25) is 18.6 Å². The van der Waals surface area contributed by atoms with E-state index in [2.05, 4.69) is 41.3 Å². The highest BCUT2D eigenvalue weighted by Gasteiger charge is 2.24. The predicted molar refractivity (Wildman–Crippen MR) is 50.5 cm³/mol. The van der Waals surface area contributed by atoms with Crippen LogP contribution in [0, 0.1) is 0 Å². The number of rotatable bonds is 4. The lowest BCUT2D eigenvalue weighted by molar-refractivity contribution is 1.21. The van der Waals surface area contributed by atoms with Crippen LogP contribution in [0.25, 0.3) is 0 Å². The third-order valence-electron chi connectivity index (χ3n) is 1.66. The van der Waals surface area contributed by atoms with Crippen molar-refractivity contribution in [3.05, 3.63) is 25.3 Å². The molecule has 0 saturated carbocycles. The molecule has 0 spiro atoms. The molecule has 0 amide bonds. The summed E-state index contributed by atoms with van der Waals surface area (Å²) in [4.78, 5) is 0. The summed E-state index contributed by atoms with van der Waals surface area (Å²) in [5.41, 5.74) is 0.421. The van der Waals surface area contributed by atoms with Crippen LogP contribution in [-0.2, 0) is 0 Å². The summed E-state index contributed by atoms with van der Waals surface area (Å²) in [5.74, 6) is 0. The van der Waals surface area contributed by atoms with Gasteiger partial charge in [-0.1, -0.05) is 25.2 Å². The summed E-state index contributed by atoms with van der Waals surface area (Å²) in [7, 11) is 1.94. The van der Waals surface area contributed by atoms with Crippen molar-refractivity contribution in [3.8, 4) is 0 Å². The summed E-state index contributed by atoms with van der Waals surface area (Å²) < 4.78 is 3.15. The van der Waals surface area contributed by atoms with Gasteiger partial charge in [0.25, 0.3) is 0 Å². The van der Waals surface area contributed by atoms with E-state index in [4.69, 9.17) is 0 Å². The highest BCUT2D eigenvalue weighted by molar-refractivity contribution is 6.80. The minimum absolute atomic E-state index is 0.421. The maximum Gasteiger partial charge on any atom is 0.132 e. The molecule has 55 valence electrons. The van der Waals surface area contributed by atoms with Gasteiger partial charge in [0.05, 0.1) is 0 Å². The first-order chi connectivity index (χ1) is 4.58. The number of allylic oxidation sites excluding steroid dienone is 2. The van der Waals surface area contributed by atoms with Crippen molar-refractivity contribution in [3.63, 3.8) is 0 Å². The molecular weight excluding hydrogens is 154 g/mol. The lowest BCUT2D eigenvalue weighted by atomic mass is 10.4. The molecule has 1 N–H and O–H groups in total. The van der Waals surface area contributed by atoms with E-state index in [1.54, 1.807) is 0 Å². The van der Waals surface area contributed by atoms with Crippen molar-refractivity contribution in [2.45, 2.75) is 18.6 Å². The molecule has 0 aliphatic carbocycles. The van der Waals surface area contributed by atoms with Crippen LogP contribution in [0.1, 0.15) is 0 Å². The molecule has 0 aromatic rings. The zero-order chi connectivity index (χ0) is 8.20. The number of hydrogen-bond acceptors (Lipinski definition) is 1. The van der Waals surface area contributed by atoms with Gasteiger partial charge < -0.3 is 4.65 Å². The fourth-order valence-corrected chi connectivity index (χ4v) is 2.61. The van der Waals surface area contributed by atoms with E-state index in [0.29, 0.717) is 5.54 Å². The topological polar surface area (TPSA) is 12.0 Å². The second-order valence-corrected chi connectivity index (χ2v) is 7.95. The Balaban J connectivity index is 4.24. The van der Waals surface area contributed by atoms with Gasteiger partial charge >= 0.3 is 0 Å². The summed E-state index contributed by atoms with van der Waals surface area (Å²) >= 11 is 0. The quantitative estimate of drug-likeness (QED) is 0.497. The van der Waals surface area contributed by atoms with E-state index in [0.717, 1.165) is 0 Å². The molecule has 0 unspecified atom stereocenters. The molecule has 0 aromatic heterocycles. The number of nitrogens with one attached hydrogen (secondary N) is 1. The third-order valence-corrected chi connectivity index (χ3v) is 6.38. The first-order valence-electron chi connectivity index (χ1n) is 3.27. The van der Waals surface area contributed by atoms with E-state index in [1.807, 2.05) is 12.2 Å². The minimum atomic E-state index is -1.38. The van der Waals surface area contributed by atoms with E-state index in [1.165, 1.54) is 0 Å². The Kier molecular flexibility index (Phi) is 3.85. The molecule has 0 rings (SSSR count). The van der Waals surface area contributed by atoms with Gasteiger partial charge in [0.2, 0.25) is 0 Å². The summed E-state index contributed by atoms with van der Waals surface area (Å²) in [5, 5.41) is 0. The SMILES string of the molecule is C=CC(C=C)[Si](C)(C)N[Si]. The molecule has 0 aromatic carbocycles. The van der Waals surface area contributed by atoms with E-state index < -0.39 is 8.24 Å². The lowest BCUT2D eigenvalue weighted by Crippen LogP contribution is -2.46. The first kappa shape index (κ1) is 9.87. The standard InChI is InChI=1S/C7H14NSi2/c1-5-7(6-2)10(3,4)8-9/h5-8H,1-2H2,3-4H3. The van der Waals surface area contributed by atoms with Gasteiger partial charge in [0.15, 0.2) is 0 Å². The van der Waals surface area contributed by atoms with Gasteiger partial charge in [-0.3, -0.25) is 0 Å². The molecule has 3 radical (unpaired) electrons. The average Bonchev–Trinajstić information content (AvgIpc) is 1.90. The van der Waals surface area contributed by atoms with Gasteiger partial charge in [0.1, 0.15) is 18.6 Å². The maximum atomic E-state index is 3.75. The second kappa shape index (κ2) is 3.90. The fraction of sp³-hybridized carbons (Fsp3) is 0.429. The maximum absolute atomic E-state index is 3.75. The zero-order valence-electron chi connectivity index (χ0n) is 6.65. The van der Waals surface area contributed by atoms with Gasteiger partial charge in [-0.25, -0.2) is 0 Å². The minimum Gasteiger partial charge on any atom is -0.362 e. The molecule has 0 heterocycles. The molecule has 0 aliphatic rings. The van der Waals surface area contributed by atoms with E-state index >= 15 is 0 Å². The zero-order valence-corrected chi connectivity index (χ0v) is 8.65. The predicted octanol–water partition coefficient (Wildman–Crippen LogP) is 1.61. The average molecular weight is 168 g/mol. The third kappa shape index (κ3) is 2.24. The van der Waals surface area contributed by atoms with Crippen molar-refractivity contribution in [1.29, 1.82) is 0 Å². The molecule has 0 bridgehead atoms. The second-order valence-electron chi connectivity index (χ2n) is 2.84. The Labute approximate surface area is 67.8 Å². The van der Waals surface area contributed by atoms with Crippen molar-refractivity contribution >= 4 is 18.6 Å². The summed E-state index contributed by atoms with van der Waals surface area (Å²) in [6.07, 6.45) is 3.87. The van der Waals surface area contributed by atoms with Gasteiger partial charge in [0, 0.05) is 5.54 Å². The monoisotopic (exact) mass is 168 g/mol. The van der Waals surface area contributed by atoms with E-state index in [9.17, 15) is 0 Å². The molecule has 3 heteroatoms. The normalized spacial score (nSPS) is 11.6. The van der Waals surface area contributed by atoms with Crippen LogP contribution >= 0.6 is 0 Å². The largest absolute Gasteiger partial charge is 0.362 e.